The van der Waals surface area contributed by atoms with Gasteiger partial charge in [0.1, 0.15) is 5.03 Å². The lowest BCUT2D eigenvalue weighted by atomic mass is 10.2. The molecule has 0 aromatic carbocycles. The lowest BCUT2D eigenvalue weighted by molar-refractivity contribution is -0.173. The first-order valence-corrected chi connectivity index (χ1v) is 4.27. The normalized spacial score (nSPS) is 29.5. The SMILES string of the molecule is FC1(F)C(Cl)=C(Cl)C(Cl)(Cl)C1(F)F. The highest BCUT2D eigenvalue weighted by Gasteiger charge is 2.77. The van der Waals surface area contributed by atoms with Crippen molar-refractivity contribution in [2.45, 2.75) is 16.2 Å². The van der Waals surface area contributed by atoms with E-state index in [-0.39, 0.29) is 0 Å². The molecule has 1 aliphatic rings. The summed E-state index contributed by atoms with van der Waals surface area (Å²) in [4.78, 5) is 0. The van der Waals surface area contributed by atoms with Crippen LogP contribution in [0.3, 0.4) is 0 Å². The van der Waals surface area contributed by atoms with Crippen LogP contribution >= 0.6 is 46.4 Å². The molecule has 0 heterocycles. The Bertz CT molecular complexity index is 256. The molecule has 0 N–H and O–H groups in total. The Morgan fingerprint density at radius 2 is 1.23 bits per heavy atom. The zero-order chi connectivity index (χ0) is 10.7. The first-order chi connectivity index (χ1) is 5.57. The highest BCUT2D eigenvalue weighted by atomic mass is 35.5. The van der Waals surface area contributed by atoms with Gasteiger partial charge in [-0.05, 0) is 0 Å². The molecule has 1 aliphatic carbocycles. The molecule has 76 valence electrons. The minimum Gasteiger partial charge on any atom is -0.195 e. The van der Waals surface area contributed by atoms with Crippen molar-refractivity contribution in [2.24, 2.45) is 0 Å². The van der Waals surface area contributed by atoms with E-state index in [0.717, 1.165) is 0 Å². The zero-order valence-electron chi connectivity index (χ0n) is 5.52. The molecule has 0 unspecified atom stereocenters. The van der Waals surface area contributed by atoms with Crippen molar-refractivity contribution in [1.29, 1.82) is 0 Å². The van der Waals surface area contributed by atoms with E-state index in [1.165, 1.54) is 0 Å². The van der Waals surface area contributed by atoms with Crippen LogP contribution in [0.4, 0.5) is 17.6 Å². The number of hydrogen-bond acceptors (Lipinski definition) is 0. The molecule has 13 heavy (non-hydrogen) atoms. The second-order valence-corrected chi connectivity index (χ2v) is 4.43. The summed E-state index contributed by atoms with van der Waals surface area (Å²) < 4.78 is 47.7. The van der Waals surface area contributed by atoms with Crippen molar-refractivity contribution in [3.05, 3.63) is 10.1 Å². The molecule has 0 aliphatic heterocycles. The topological polar surface area (TPSA) is 0 Å². The van der Waals surface area contributed by atoms with Crippen LogP contribution in [0.1, 0.15) is 0 Å². The van der Waals surface area contributed by atoms with E-state index < -0.39 is 26.2 Å². The van der Waals surface area contributed by atoms with Gasteiger partial charge in [0.25, 0.3) is 0 Å². The van der Waals surface area contributed by atoms with Gasteiger partial charge in [-0.1, -0.05) is 46.4 Å². The largest absolute Gasteiger partial charge is 0.352 e. The Labute approximate surface area is 90.4 Å². The maximum absolute atomic E-state index is 12.8. The highest BCUT2D eigenvalue weighted by Crippen LogP contribution is 2.63. The summed E-state index contributed by atoms with van der Waals surface area (Å²) in [5, 5.41) is -2.67. The number of hydrogen-bond donors (Lipinski definition) is 0. The lowest BCUT2D eigenvalue weighted by Crippen LogP contribution is -2.47. The van der Waals surface area contributed by atoms with Gasteiger partial charge in [0.05, 0.1) is 5.03 Å². The maximum Gasteiger partial charge on any atom is 0.352 e. The summed E-state index contributed by atoms with van der Waals surface area (Å²) in [6.45, 7) is 0. The second kappa shape index (κ2) is 2.81. The Kier molecular flexibility index (Phi) is 2.53. The molecule has 1 rings (SSSR count). The molecule has 8 heteroatoms. The van der Waals surface area contributed by atoms with Gasteiger partial charge in [-0.25, -0.2) is 0 Å². The third-order valence-corrected chi connectivity index (χ3v) is 3.57. The van der Waals surface area contributed by atoms with Crippen LogP contribution in [0.5, 0.6) is 0 Å². The van der Waals surface area contributed by atoms with Gasteiger partial charge in [-0.3, -0.25) is 0 Å². The van der Waals surface area contributed by atoms with Crippen LogP contribution in [-0.2, 0) is 0 Å². The molecule has 0 radical (unpaired) electrons. The van der Waals surface area contributed by atoms with Crippen molar-refractivity contribution in [2.75, 3.05) is 0 Å². The molecule has 0 fully saturated rings. The average molecular weight is 278 g/mol. The summed E-state index contributed by atoms with van der Waals surface area (Å²) in [6.07, 6.45) is 0. The van der Waals surface area contributed by atoms with Gasteiger partial charge in [0.15, 0.2) is 0 Å². The van der Waals surface area contributed by atoms with Gasteiger partial charge in [0.2, 0.25) is 4.33 Å². The van der Waals surface area contributed by atoms with Crippen LogP contribution < -0.4 is 0 Å². The molecule has 0 aromatic heterocycles. The summed E-state index contributed by atoms with van der Waals surface area (Å²) in [6, 6.07) is 0. The standard InChI is InChI=1S/C5Cl4F4/c6-1-2(7)4(10,11)5(12,13)3(1,8)9. The third kappa shape index (κ3) is 1.19. The smallest absolute Gasteiger partial charge is 0.195 e. The fraction of sp³-hybridized carbons (Fsp3) is 0.600. The van der Waals surface area contributed by atoms with Crippen molar-refractivity contribution in [3.63, 3.8) is 0 Å². The van der Waals surface area contributed by atoms with E-state index >= 15 is 0 Å². The van der Waals surface area contributed by atoms with Crippen molar-refractivity contribution >= 4 is 46.4 Å². The minimum absolute atomic E-state index is 1.15. The van der Waals surface area contributed by atoms with Gasteiger partial charge in [0, 0.05) is 0 Å². The average Bonchev–Trinajstić information content (AvgIpc) is 2.05. The highest BCUT2D eigenvalue weighted by molar-refractivity contribution is 6.59. The number of rotatable bonds is 0. The first kappa shape index (κ1) is 11.7. The fourth-order valence-corrected chi connectivity index (χ4v) is 1.77. The van der Waals surface area contributed by atoms with Crippen LogP contribution in [0.2, 0.25) is 0 Å². The van der Waals surface area contributed by atoms with E-state index in [0.29, 0.717) is 0 Å². The van der Waals surface area contributed by atoms with Gasteiger partial charge >= 0.3 is 11.8 Å². The Hall–Kier alpha value is 0.620. The molecule has 0 aromatic rings. The molecule has 0 nitrogen and oxygen atoms in total. The Morgan fingerprint density at radius 3 is 1.31 bits per heavy atom. The van der Waals surface area contributed by atoms with Crippen molar-refractivity contribution in [1.82, 2.24) is 0 Å². The summed E-state index contributed by atoms with van der Waals surface area (Å²) in [5.74, 6) is -9.34. The Balaban J connectivity index is 3.39. The van der Waals surface area contributed by atoms with Gasteiger partial charge in [-0.2, -0.15) is 17.6 Å². The number of halogens is 8. The number of allylic oxidation sites excluding steroid dienone is 2. The Morgan fingerprint density at radius 1 is 0.846 bits per heavy atom. The van der Waals surface area contributed by atoms with Gasteiger partial charge < -0.3 is 0 Å². The monoisotopic (exact) mass is 276 g/mol. The van der Waals surface area contributed by atoms with Crippen LogP contribution in [0.15, 0.2) is 10.1 Å². The van der Waals surface area contributed by atoms with Gasteiger partial charge in [-0.15, -0.1) is 0 Å². The lowest BCUT2D eigenvalue weighted by Gasteiger charge is -2.26. The summed E-state index contributed by atoms with van der Waals surface area (Å²) >= 11 is 19.8. The number of alkyl halides is 6. The molecular weight excluding hydrogens is 278 g/mol. The van der Waals surface area contributed by atoms with Crippen LogP contribution in [-0.4, -0.2) is 16.2 Å². The minimum atomic E-state index is -4.71. The predicted molar refractivity (Wildman–Crippen MR) is 43.1 cm³/mol. The molecule has 0 amide bonds. The maximum atomic E-state index is 12.8. The van der Waals surface area contributed by atoms with E-state index in [9.17, 15) is 17.6 Å². The molecule has 0 atom stereocenters. The van der Waals surface area contributed by atoms with Crippen molar-refractivity contribution < 1.29 is 17.6 Å². The zero-order valence-corrected chi connectivity index (χ0v) is 8.55. The van der Waals surface area contributed by atoms with E-state index in [2.05, 4.69) is 0 Å². The molecule has 0 spiro atoms. The quantitative estimate of drug-likeness (QED) is 0.461. The molecule has 0 saturated heterocycles. The summed E-state index contributed by atoms with van der Waals surface area (Å²) in [7, 11) is 0. The second-order valence-electron chi connectivity index (χ2n) is 2.35. The van der Waals surface area contributed by atoms with Crippen LogP contribution in [0.25, 0.3) is 0 Å². The molecule has 0 bridgehead atoms. The molecule has 0 saturated carbocycles. The fourth-order valence-electron chi connectivity index (χ4n) is 0.749. The van der Waals surface area contributed by atoms with Crippen molar-refractivity contribution in [3.8, 4) is 0 Å². The van der Waals surface area contributed by atoms with E-state index in [4.69, 9.17) is 46.4 Å². The summed E-state index contributed by atoms with van der Waals surface area (Å²) in [5.41, 5.74) is 0. The third-order valence-electron chi connectivity index (χ3n) is 1.53. The molecular formula is C5Cl4F4. The van der Waals surface area contributed by atoms with Crippen LogP contribution in [0, 0.1) is 0 Å². The van der Waals surface area contributed by atoms with E-state index in [1.807, 2.05) is 0 Å². The van der Waals surface area contributed by atoms with E-state index in [1.54, 1.807) is 0 Å². The predicted octanol–water partition coefficient (Wildman–Crippen LogP) is 4.13. The first-order valence-electron chi connectivity index (χ1n) is 2.76.